The molecule has 0 saturated heterocycles. The Kier molecular flexibility index (Phi) is 6.77. The Hall–Kier alpha value is -2.83. The highest BCUT2D eigenvalue weighted by molar-refractivity contribution is 5.78. The van der Waals surface area contributed by atoms with Crippen LogP contribution in [0.2, 0.25) is 0 Å². The first kappa shape index (κ1) is 19.5. The SMILES string of the molecule is Cc1noc(C)c1COc1ccc(CC(=O)NCC(C)CC(=O)O)cc1. The summed E-state index contributed by atoms with van der Waals surface area (Å²) < 4.78 is 10.8. The third kappa shape index (κ3) is 5.91. The number of carboxylic acid groups (broad SMARTS) is 1. The second kappa shape index (κ2) is 9.03. The average Bonchev–Trinajstić information content (AvgIpc) is 2.90. The van der Waals surface area contributed by atoms with Crippen molar-refractivity contribution in [2.75, 3.05) is 6.54 Å². The van der Waals surface area contributed by atoms with Crippen LogP contribution >= 0.6 is 0 Å². The topological polar surface area (TPSA) is 102 Å². The van der Waals surface area contributed by atoms with Gasteiger partial charge in [0, 0.05) is 13.0 Å². The molecule has 1 amide bonds. The Morgan fingerprint density at radius 3 is 2.54 bits per heavy atom. The van der Waals surface area contributed by atoms with Gasteiger partial charge in [-0.2, -0.15) is 0 Å². The second-order valence-corrected chi connectivity index (χ2v) is 6.42. The highest BCUT2D eigenvalue weighted by atomic mass is 16.5. The van der Waals surface area contributed by atoms with Crippen LogP contribution in [0.1, 0.15) is 35.9 Å². The lowest BCUT2D eigenvalue weighted by atomic mass is 10.1. The van der Waals surface area contributed by atoms with Crippen LogP contribution in [0.25, 0.3) is 0 Å². The molecule has 2 N–H and O–H groups in total. The van der Waals surface area contributed by atoms with E-state index in [1.807, 2.05) is 38.1 Å². The summed E-state index contributed by atoms with van der Waals surface area (Å²) >= 11 is 0. The van der Waals surface area contributed by atoms with Crippen LogP contribution in [0.5, 0.6) is 5.75 Å². The number of ether oxygens (including phenoxy) is 1. The number of nitrogens with zero attached hydrogens (tertiary/aromatic N) is 1. The van der Waals surface area contributed by atoms with Crippen molar-refractivity contribution >= 4 is 11.9 Å². The largest absolute Gasteiger partial charge is 0.489 e. The lowest BCUT2D eigenvalue weighted by Gasteiger charge is -2.11. The molecule has 1 heterocycles. The highest BCUT2D eigenvalue weighted by Gasteiger charge is 2.11. The number of aryl methyl sites for hydroxylation is 2. The van der Waals surface area contributed by atoms with Gasteiger partial charge in [0.25, 0.3) is 0 Å². The van der Waals surface area contributed by atoms with E-state index in [1.165, 1.54) is 0 Å². The highest BCUT2D eigenvalue weighted by Crippen LogP contribution is 2.18. The summed E-state index contributed by atoms with van der Waals surface area (Å²) in [6.45, 7) is 6.23. The lowest BCUT2D eigenvalue weighted by molar-refractivity contribution is -0.138. The van der Waals surface area contributed by atoms with Crippen LogP contribution in [-0.2, 0) is 22.6 Å². The maximum Gasteiger partial charge on any atom is 0.303 e. The first-order valence-electron chi connectivity index (χ1n) is 8.47. The molecule has 2 rings (SSSR count). The molecule has 0 radical (unpaired) electrons. The van der Waals surface area contributed by atoms with Gasteiger partial charge in [0.1, 0.15) is 18.1 Å². The van der Waals surface area contributed by atoms with Gasteiger partial charge in [-0.3, -0.25) is 9.59 Å². The fraction of sp³-hybridized carbons (Fsp3) is 0.421. The number of carbonyl (C=O) groups is 2. The van der Waals surface area contributed by atoms with Crippen LogP contribution in [0.3, 0.4) is 0 Å². The number of rotatable bonds is 9. The van der Waals surface area contributed by atoms with E-state index in [0.29, 0.717) is 18.9 Å². The Labute approximate surface area is 152 Å². The monoisotopic (exact) mass is 360 g/mol. The zero-order chi connectivity index (χ0) is 19.1. The van der Waals surface area contributed by atoms with Gasteiger partial charge in [-0.25, -0.2) is 0 Å². The smallest absolute Gasteiger partial charge is 0.303 e. The van der Waals surface area contributed by atoms with E-state index in [-0.39, 0.29) is 24.7 Å². The summed E-state index contributed by atoms with van der Waals surface area (Å²) in [6.07, 6.45) is 0.279. The van der Waals surface area contributed by atoms with Gasteiger partial charge in [-0.15, -0.1) is 0 Å². The van der Waals surface area contributed by atoms with Crippen molar-refractivity contribution in [1.82, 2.24) is 10.5 Å². The van der Waals surface area contributed by atoms with Crippen molar-refractivity contribution in [3.05, 3.63) is 46.8 Å². The number of amides is 1. The molecule has 7 heteroatoms. The van der Waals surface area contributed by atoms with Crippen LogP contribution in [0.15, 0.2) is 28.8 Å². The number of hydrogen-bond donors (Lipinski definition) is 2. The number of aliphatic carboxylic acids is 1. The molecule has 0 aliphatic heterocycles. The molecule has 140 valence electrons. The summed E-state index contributed by atoms with van der Waals surface area (Å²) in [6, 6.07) is 7.30. The molecule has 0 bridgehead atoms. The van der Waals surface area contributed by atoms with E-state index >= 15 is 0 Å². The molecular weight excluding hydrogens is 336 g/mol. The fourth-order valence-electron chi connectivity index (χ4n) is 2.47. The molecule has 26 heavy (non-hydrogen) atoms. The van der Waals surface area contributed by atoms with Gasteiger partial charge in [-0.05, 0) is 37.5 Å². The Balaban J connectivity index is 1.79. The number of hydrogen-bond acceptors (Lipinski definition) is 5. The summed E-state index contributed by atoms with van der Waals surface area (Å²) in [5.41, 5.74) is 2.61. The van der Waals surface area contributed by atoms with Gasteiger partial charge < -0.3 is 19.7 Å². The van der Waals surface area contributed by atoms with E-state index in [9.17, 15) is 9.59 Å². The van der Waals surface area contributed by atoms with Gasteiger partial charge in [-0.1, -0.05) is 24.2 Å². The van der Waals surface area contributed by atoms with Crippen LogP contribution in [-0.4, -0.2) is 28.7 Å². The van der Waals surface area contributed by atoms with Gasteiger partial charge in [0.2, 0.25) is 5.91 Å². The summed E-state index contributed by atoms with van der Waals surface area (Å²) in [5, 5.41) is 15.4. The van der Waals surface area contributed by atoms with Crippen molar-refractivity contribution in [2.45, 2.75) is 40.2 Å². The number of benzene rings is 1. The molecule has 0 aliphatic rings. The van der Waals surface area contributed by atoms with Crippen molar-refractivity contribution in [3.8, 4) is 5.75 Å². The maximum atomic E-state index is 11.9. The fourth-order valence-corrected chi connectivity index (χ4v) is 2.47. The first-order chi connectivity index (χ1) is 12.3. The zero-order valence-corrected chi connectivity index (χ0v) is 15.2. The van der Waals surface area contributed by atoms with E-state index < -0.39 is 5.97 Å². The van der Waals surface area contributed by atoms with Crippen LogP contribution < -0.4 is 10.1 Å². The van der Waals surface area contributed by atoms with Crippen molar-refractivity contribution in [1.29, 1.82) is 0 Å². The third-order valence-corrected chi connectivity index (χ3v) is 4.02. The molecule has 0 saturated carbocycles. The van der Waals surface area contributed by atoms with Crippen LogP contribution in [0, 0.1) is 19.8 Å². The number of aromatic nitrogens is 1. The zero-order valence-electron chi connectivity index (χ0n) is 15.2. The van der Waals surface area contributed by atoms with E-state index in [4.69, 9.17) is 14.4 Å². The number of carbonyl (C=O) groups excluding carboxylic acids is 1. The van der Waals surface area contributed by atoms with Gasteiger partial charge in [0.05, 0.1) is 17.7 Å². The quantitative estimate of drug-likeness (QED) is 0.713. The Bertz CT molecular complexity index is 732. The standard InChI is InChI=1S/C19H24N2O5/c1-12(8-19(23)24)10-20-18(22)9-15-4-6-16(7-5-15)25-11-17-13(2)21-26-14(17)3/h4-7,12H,8-11H2,1-3H3,(H,20,22)(H,23,24). The summed E-state index contributed by atoms with van der Waals surface area (Å²) in [5.74, 6) is 0.347. The molecule has 0 aliphatic carbocycles. The van der Waals surface area contributed by atoms with Crippen molar-refractivity contribution in [2.24, 2.45) is 5.92 Å². The number of carboxylic acids is 1. The summed E-state index contributed by atoms with van der Waals surface area (Å²) in [7, 11) is 0. The van der Waals surface area contributed by atoms with E-state index in [1.54, 1.807) is 6.92 Å². The minimum atomic E-state index is -0.862. The Morgan fingerprint density at radius 2 is 1.96 bits per heavy atom. The van der Waals surface area contributed by atoms with Gasteiger partial charge >= 0.3 is 5.97 Å². The molecule has 7 nitrogen and oxygen atoms in total. The predicted octanol–water partition coefficient (Wildman–Crippen LogP) is 2.64. The molecule has 2 aromatic rings. The van der Waals surface area contributed by atoms with E-state index in [0.717, 1.165) is 22.6 Å². The number of nitrogens with one attached hydrogen (secondary N) is 1. The maximum absolute atomic E-state index is 11.9. The minimum absolute atomic E-state index is 0.0391. The molecular formula is C19H24N2O5. The second-order valence-electron chi connectivity index (χ2n) is 6.42. The Morgan fingerprint density at radius 1 is 1.27 bits per heavy atom. The van der Waals surface area contributed by atoms with Crippen molar-refractivity contribution in [3.63, 3.8) is 0 Å². The molecule has 0 spiro atoms. The molecule has 1 unspecified atom stereocenters. The lowest BCUT2D eigenvalue weighted by Crippen LogP contribution is -2.30. The minimum Gasteiger partial charge on any atom is -0.489 e. The molecule has 1 aromatic heterocycles. The average molecular weight is 360 g/mol. The van der Waals surface area contributed by atoms with Crippen LogP contribution in [0.4, 0.5) is 0 Å². The molecule has 0 fully saturated rings. The molecule has 1 atom stereocenters. The van der Waals surface area contributed by atoms with Crippen molar-refractivity contribution < 1.29 is 24.0 Å². The van der Waals surface area contributed by atoms with E-state index in [2.05, 4.69) is 10.5 Å². The third-order valence-electron chi connectivity index (χ3n) is 4.02. The van der Waals surface area contributed by atoms with Gasteiger partial charge in [0.15, 0.2) is 0 Å². The first-order valence-corrected chi connectivity index (χ1v) is 8.47. The predicted molar refractivity (Wildman–Crippen MR) is 94.9 cm³/mol. The normalized spacial score (nSPS) is 11.8. The summed E-state index contributed by atoms with van der Waals surface area (Å²) in [4.78, 5) is 22.5. The molecule has 1 aromatic carbocycles.